The van der Waals surface area contributed by atoms with Gasteiger partial charge >= 0.3 is 0 Å². The number of benzene rings is 2. The molecule has 0 spiro atoms. The van der Waals surface area contributed by atoms with E-state index in [4.69, 9.17) is 0 Å². The van der Waals surface area contributed by atoms with Crippen molar-refractivity contribution in [1.29, 1.82) is 0 Å². The monoisotopic (exact) mass is 385 g/mol. The highest BCUT2D eigenvalue weighted by Crippen LogP contribution is 2.15. The molecule has 0 saturated carbocycles. The number of carbonyl (C=O) groups excluding carboxylic acids is 1. The summed E-state index contributed by atoms with van der Waals surface area (Å²) in [5.74, 6) is -0.194. The van der Waals surface area contributed by atoms with Crippen LogP contribution in [0.1, 0.15) is 22.5 Å². The number of carbonyl (C=O) groups is 1. The molecular formula is C23H23N5O. The largest absolute Gasteiger partial charge is 0.351 e. The summed E-state index contributed by atoms with van der Waals surface area (Å²) in [5, 5.41) is 12.1. The van der Waals surface area contributed by atoms with Gasteiger partial charge in [-0.15, -0.1) is 5.10 Å². The van der Waals surface area contributed by atoms with E-state index in [0.717, 1.165) is 18.5 Å². The third-order valence-electron chi connectivity index (χ3n) is 4.72. The van der Waals surface area contributed by atoms with Crippen LogP contribution in [0.5, 0.6) is 0 Å². The van der Waals surface area contributed by atoms with E-state index in [-0.39, 0.29) is 5.91 Å². The normalized spacial score (nSPS) is 11.3. The number of amides is 1. The SMILES string of the molecule is O=C(NCCCn1ccc2ccccc21)c1cn(C/C=C/c2ccccc2)nn1. The van der Waals surface area contributed by atoms with E-state index >= 15 is 0 Å². The molecule has 0 atom stereocenters. The van der Waals surface area contributed by atoms with E-state index in [2.05, 4.69) is 44.6 Å². The predicted molar refractivity (Wildman–Crippen MR) is 114 cm³/mol. The minimum atomic E-state index is -0.194. The van der Waals surface area contributed by atoms with Crippen LogP contribution in [0.3, 0.4) is 0 Å². The van der Waals surface area contributed by atoms with Crippen LogP contribution >= 0.6 is 0 Å². The third-order valence-corrected chi connectivity index (χ3v) is 4.72. The lowest BCUT2D eigenvalue weighted by Crippen LogP contribution is -2.25. The first kappa shape index (κ1) is 18.7. The average molecular weight is 385 g/mol. The van der Waals surface area contributed by atoms with Crippen LogP contribution in [-0.2, 0) is 13.1 Å². The van der Waals surface area contributed by atoms with E-state index in [1.807, 2.05) is 54.6 Å². The van der Waals surface area contributed by atoms with Crippen LogP contribution < -0.4 is 5.32 Å². The van der Waals surface area contributed by atoms with E-state index in [9.17, 15) is 4.79 Å². The maximum Gasteiger partial charge on any atom is 0.273 e. The van der Waals surface area contributed by atoms with Gasteiger partial charge < -0.3 is 9.88 Å². The Kier molecular flexibility index (Phi) is 5.81. The second-order valence-electron chi connectivity index (χ2n) is 6.82. The summed E-state index contributed by atoms with van der Waals surface area (Å²) >= 11 is 0. The number of rotatable bonds is 8. The Morgan fingerprint density at radius 3 is 2.76 bits per heavy atom. The Morgan fingerprint density at radius 2 is 1.86 bits per heavy atom. The van der Waals surface area contributed by atoms with Gasteiger partial charge in [0.1, 0.15) is 0 Å². The summed E-state index contributed by atoms with van der Waals surface area (Å²) in [7, 11) is 0. The zero-order valence-corrected chi connectivity index (χ0v) is 16.1. The lowest BCUT2D eigenvalue weighted by molar-refractivity contribution is 0.0947. The Balaban J connectivity index is 1.23. The highest BCUT2D eigenvalue weighted by molar-refractivity contribution is 5.91. The second kappa shape index (κ2) is 9.01. The molecule has 0 aliphatic rings. The van der Waals surface area contributed by atoms with Crippen molar-refractivity contribution in [2.75, 3.05) is 6.54 Å². The Labute approximate surface area is 169 Å². The molecule has 2 aromatic heterocycles. The van der Waals surface area contributed by atoms with Crippen LogP contribution in [0.15, 0.2) is 79.1 Å². The number of hydrogen-bond acceptors (Lipinski definition) is 3. The summed E-state index contributed by atoms with van der Waals surface area (Å²) in [4.78, 5) is 12.3. The van der Waals surface area contributed by atoms with Crippen LogP contribution in [0.2, 0.25) is 0 Å². The second-order valence-corrected chi connectivity index (χ2v) is 6.82. The molecule has 2 aromatic carbocycles. The van der Waals surface area contributed by atoms with Crippen LogP contribution in [0.25, 0.3) is 17.0 Å². The number of para-hydroxylation sites is 1. The van der Waals surface area contributed by atoms with E-state index in [1.165, 1.54) is 10.9 Å². The van der Waals surface area contributed by atoms with E-state index < -0.39 is 0 Å². The Morgan fingerprint density at radius 1 is 1.03 bits per heavy atom. The van der Waals surface area contributed by atoms with Crippen molar-refractivity contribution >= 4 is 22.9 Å². The van der Waals surface area contributed by atoms with Crippen molar-refractivity contribution < 1.29 is 4.79 Å². The van der Waals surface area contributed by atoms with Crippen molar-refractivity contribution in [2.24, 2.45) is 0 Å². The van der Waals surface area contributed by atoms with Crippen LogP contribution in [0, 0.1) is 0 Å². The van der Waals surface area contributed by atoms with Gasteiger partial charge in [0.25, 0.3) is 5.91 Å². The standard InChI is InChI=1S/C23H23N5O/c29-23(24-14-7-15-27-17-13-20-11-4-5-12-22(20)27)21-18-28(26-25-21)16-6-10-19-8-2-1-3-9-19/h1-6,8-13,17-18H,7,14-16H2,(H,24,29)/b10-6+. The molecule has 0 unspecified atom stereocenters. The number of nitrogens with zero attached hydrogens (tertiary/aromatic N) is 4. The van der Waals surface area contributed by atoms with Gasteiger partial charge in [-0.05, 0) is 29.5 Å². The molecule has 4 rings (SSSR count). The molecule has 2 heterocycles. The molecule has 0 radical (unpaired) electrons. The van der Waals surface area contributed by atoms with Gasteiger partial charge in [0.05, 0.1) is 12.7 Å². The van der Waals surface area contributed by atoms with Crippen molar-refractivity contribution in [1.82, 2.24) is 24.9 Å². The quantitative estimate of drug-likeness (QED) is 0.470. The van der Waals surface area contributed by atoms with Gasteiger partial charge in [-0.3, -0.25) is 4.79 Å². The molecule has 0 saturated heterocycles. The molecule has 6 heteroatoms. The van der Waals surface area contributed by atoms with Gasteiger partial charge in [0.15, 0.2) is 5.69 Å². The number of fused-ring (bicyclic) bond motifs is 1. The predicted octanol–water partition coefficient (Wildman–Crippen LogP) is 3.77. The minimum Gasteiger partial charge on any atom is -0.351 e. The molecule has 146 valence electrons. The van der Waals surface area contributed by atoms with E-state index in [0.29, 0.717) is 18.8 Å². The van der Waals surface area contributed by atoms with Crippen LogP contribution in [-0.4, -0.2) is 32.0 Å². The summed E-state index contributed by atoms with van der Waals surface area (Å²) < 4.78 is 3.86. The highest BCUT2D eigenvalue weighted by Gasteiger charge is 2.09. The van der Waals surface area contributed by atoms with Gasteiger partial charge in [-0.2, -0.15) is 0 Å². The molecule has 6 nitrogen and oxygen atoms in total. The van der Waals surface area contributed by atoms with Gasteiger partial charge in [-0.25, -0.2) is 4.68 Å². The average Bonchev–Trinajstić information content (AvgIpc) is 3.39. The molecule has 0 aliphatic heterocycles. The zero-order chi connectivity index (χ0) is 19.9. The maximum absolute atomic E-state index is 12.3. The van der Waals surface area contributed by atoms with Gasteiger partial charge in [-0.1, -0.05) is 65.9 Å². The lowest BCUT2D eigenvalue weighted by Gasteiger charge is -2.06. The van der Waals surface area contributed by atoms with Gasteiger partial charge in [0, 0.05) is 24.8 Å². The number of allylic oxidation sites excluding steroid dienone is 1. The molecule has 0 aliphatic carbocycles. The van der Waals surface area contributed by atoms with Crippen LogP contribution in [0.4, 0.5) is 0 Å². The number of aromatic nitrogens is 4. The number of nitrogens with one attached hydrogen (secondary N) is 1. The molecule has 0 fully saturated rings. The van der Waals surface area contributed by atoms with Crippen molar-refractivity contribution in [2.45, 2.75) is 19.5 Å². The summed E-state index contributed by atoms with van der Waals surface area (Å²) in [6.45, 7) is 2.01. The fraction of sp³-hybridized carbons (Fsp3) is 0.174. The smallest absolute Gasteiger partial charge is 0.273 e. The topological polar surface area (TPSA) is 64.7 Å². The van der Waals surface area contributed by atoms with Crippen molar-refractivity contribution in [3.8, 4) is 0 Å². The molecular weight excluding hydrogens is 362 g/mol. The molecule has 29 heavy (non-hydrogen) atoms. The Hall–Kier alpha value is -3.67. The van der Waals surface area contributed by atoms with Gasteiger partial charge in [0.2, 0.25) is 0 Å². The van der Waals surface area contributed by atoms with Crippen molar-refractivity contribution in [3.63, 3.8) is 0 Å². The third kappa shape index (κ3) is 4.79. The molecule has 1 N–H and O–H groups in total. The fourth-order valence-electron chi connectivity index (χ4n) is 3.23. The summed E-state index contributed by atoms with van der Waals surface area (Å²) in [5.41, 5.74) is 2.68. The molecule has 4 aromatic rings. The number of hydrogen-bond donors (Lipinski definition) is 1. The maximum atomic E-state index is 12.3. The first-order valence-corrected chi connectivity index (χ1v) is 9.73. The highest BCUT2D eigenvalue weighted by atomic mass is 16.2. The Bertz CT molecular complexity index is 1110. The molecule has 1 amide bonds. The lowest BCUT2D eigenvalue weighted by atomic mass is 10.2. The first-order chi connectivity index (χ1) is 14.3. The molecule has 0 bridgehead atoms. The summed E-state index contributed by atoms with van der Waals surface area (Å²) in [6, 6.07) is 20.5. The van der Waals surface area contributed by atoms with E-state index in [1.54, 1.807) is 10.9 Å². The fourth-order valence-corrected chi connectivity index (χ4v) is 3.23. The zero-order valence-electron chi connectivity index (χ0n) is 16.1. The minimum absolute atomic E-state index is 0.194. The number of aryl methyl sites for hydroxylation is 1. The van der Waals surface area contributed by atoms with Crippen molar-refractivity contribution in [3.05, 3.63) is 90.4 Å². The first-order valence-electron chi connectivity index (χ1n) is 9.73. The summed E-state index contributed by atoms with van der Waals surface area (Å²) in [6.07, 6.45) is 8.61.